The molecule has 2 saturated heterocycles. The number of amides is 4. The van der Waals surface area contributed by atoms with E-state index in [1.807, 2.05) is 12.1 Å². The molecule has 2 aromatic rings. The summed E-state index contributed by atoms with van der Waals surface area (Å²) in [6.45, 7) is -1.83. The van der Waals surface area contributed by atoms with Gasteiger partial charge in [-0.15, -0.1) is 0 Å². The van der Waals surface area contributed by atoms with Crippen molar-refractivity contribution in [2.45, 2.75) is 108 Å². The number of carbonyl (C=O) groups is 4. The summed E-state index contributed by atoms with van der Waals surface area (Å²) in [5.41, 5.74) is -2.00. The third-order valence-electron chi connectivity index (χ3n) is 12.8. The Bertz CT molecular complexity index is 2350. The highest BCUT2D eigenvalue weighted by Crippen LogP contribution is 2.44. The van der Waals surface area contributed by atoms with Gasteiger partial charge >= 0.3 is 0 Å². The van der Waals surface area contributed by atoms with Gasteiger partial charge in [0.15, 0.2) is 29.7 Å². The number of sulfone groups is 2. The fourth-order valence-corrected chi connectivity index (χ4v) is 12.4. The lowest BCUT2D eigenvalue weighted by molar-refractivity contribution is -0.141. The lowest BCUT2D eigenvalue weighted by Gasteiger charge is -2.24. The van der Waals surface area contributed by atoms with Crippen LogP contribution in [0, 0.1) is 46.3 Å². The lowest BCUT2D eigenvalue weighted by atomic mass is 9.93. The van der Waals surface area contributed by atoms with Crippen molar-refractivity contribution in [3.8, 4) is 12.1 Å². The van der Waals surface area contributed by atoms with Gasteiger partial charge in [0.25, 0.3) is 11.8 Å². The molecular formula is C40H42Cl2F4N8O8S2. The van der Waals surface area contributed by atoms with Crippen LogP contribution in [0.3, 0.4) is 0 Å². The molecule has 16 nitrogen and oxygen atoms in total. The summed E-state index contributed by atoms with van der Waals surface area (Å²) >= 11 is 11.6. The van der Waals surface area contributed by atoms with Crippen molar-refractivity contribution in [1.29, 1.82) is 10.5 Å². The molecule has 2 N–H and O–H groups in total. The predicted octanol–water partition coefficient (Wildman–Crippen LogP) is 3.89. The van der Waals surface area contributed by atoms with Gasteiger partial charge in [0.1, 0.15) is 11.1 Å². The van der Waals surface area contributed by atoms with Crippen molar-refractivity contribution < 1.29 is 53.6 Å². The topological polar surface area (TPSA) is 240 Å². The van der Waals surface area contributed by atoms with Gasteiger partial charge in [-0.25, -0.2) is 44.4 Å². The van der Waals surface area contributed by atoms with E-state index in [2.05, 4.69) is 20.6 Å². The Balaban J connectivity index is 0.000000191. The first-order valence-electron chi connectivity index (χ1n) is 20.4. The number of carbonyl (C=O) groups excluding carboxylic acids is 4. The second-order valence-corrected chi connectivity index (χ2v) is 22.7. The van der Waals surface area contributed by atoms with Crippen LogP contribution in [-0.4, -0.2) is 120 Å². The number of aromatic nitrogens is 2. The van der Waals surface area contributed by atoms with E-state index in [0.29, 0.717) is 25.7 Å². The average Bonchev–Trinajstić information content (AvgIpc) is 3.90. The summed E-state index contributed by atoms with van der Waals surface area (Å²) in [6.07, 6.45) is 2.58. The van der Waals surface area contributed by atoms with Crippen LogP contribution in [0.25, 0.3) is 0 Å². The fraction of sp³-hybridized carbons (Fsp3) is 0.600. The molecule has 6 fully saturated rings. The van der Waals surface area contributed by atoms with Gasteiger partial charge in [0.2, 0.25) is 23.6 Å². The molecule has 2 aromatic heterocycles. The van der Waals surface area contributed by atoms with Gasteiger partial charge < -0.3 is 20.4 Å². The molecule has 344 valence electrons. The van der Waals surface area contributed by atoms with E-state index in [0.717, 1.165) is 9.80 Å². The Morgan fingerprint density at radius 1 is 0.609 bits per heavy atom. The number of hydrogen-bond donors (Lipinski definition) is 2. The first-order valence-corrected chi connectivity index (χ1v) is 24.3. The van der Waals surface area contributed by atoms with Crippen LogP contribution in [0.1, 0.15) is 64.2 Å². The first kappa shape index (κ1) is 47.3. The van der Waals surface area contributed by atoms with Crippen LogP contribution in [-0.2, 0) is 38.9 Å². The Labute approximate surface area is 375 Å². The number of rotatable bonds is 10. The summed E-state index contributed by atoms with van der Waals surface area (Å²) < 4.78 is 107. The van der Waals surface area contributed by atoms with Gasteiger partial charge in [-0.3, -0.25) is 19.2 Å². The third kappa shape index (κ3) is 9.94. The molecule has 24 heteroatoms. The first-order chi connectivity index (χ1) is 29.9. The molecule has 6 aliphatic rings. The van der Waals surface area contributed by atoms with E-state index >= 15 is 0 Å². The Morgan fingerprint density at radius 3 is 1.22 bits per heavy atom. The van der Waals surface area contributed by atoms with Crippen LogP contribution in [0.4, 0.5) is 17.6 Å². The summed E-state index contributed by atoms with van der Waals surface area (Å²) in [4.78, 5) is 61.8. The van der Waals surface area contributed by atoms with Crippen LogP contribution in [0.5, 0.6) is 0 Å². The fourth-order valence-electron chi connectivity index (χ4n) is 8.77. The maximum absolute atomic E-state index is 13.7. The van der Waals surface area contributed by atoms with Crippen molar-refractivity contribution in [3.05, 3.63) is 46.7 Å². The van der Waals surface area contributed by atoms with Crippen molar-refractivity contribution in [1.82, 2.24) is 30.4 Å². The van der Waals surface area contributed by atoms with Gasteiger partial charge in [-0.1, -0.05) is 23.2 Å². The maximum Gasteiger partial charge on any atom is 0.267 e. The van der Waals surface area contributed by atoms with Crippen LogP contribution < -0.4 is 10.6 Å². The summed E-state index contributed by atoms with van der Waals surface area (Å²) in [6, 6.07) is 9.29. The Hall–Kier alpha value is -4.64. The number of halogens is 6. The molecule has 4 aliphatic carbocycles. The number of pyridine rings is 2. The number of nitriles is 2. The number of likely N-dealkylation sites (tertiary alicyclic amines) is 2. The summed E-state index contributed by atoms with van der Waals surface area (Å²) in [5.74, 6) is -12.8. The second-order valence-electron chi connectivity index (χ2n) is 17.4. The normalized spacial score (nSPS) is 28.2. The molecule has 2 aliphatic heterocycles. The zero-order chi connectivity index (χ0) is 46.6. The van der Waals surface area contributed by atoms with Crippen LogP contribution >= 0.6 is 23.2 Å². The van der Waals surface area contributed by atoms with Crippen LogP contribution in [0.15, 0.2) is 46.7 Å². The van der Waals surface area contributed by atoms with Gasteiger partial charge in [0.05, 0.1) is 69.4 Å². The molecule has 4 saturated carbocycles. The van der Waals surface area contributed by atoms with Crippen LogP contribution in [0.2, 0.25) is 10.0 Å². The minimum absolute atomic E-state index is 0.158. The monoisotopic (exact) mass is 972 g/mol. The second kappa shape index (κ2) is 17.3. The quantitative estimate of drug-likeness (QED) is 0.323. The average molecular weight is 974 g/mol. The molecule has 64 heavy (non-hydrogen) atoms. The van der Waals surface area contributed by atoms with E-state index in [9.17, 15) is 64.1 Å². The number of hydrogen-bond acceptors (Lipinski definition) is 12. The highest BCUT2D eigenvalue weighted by atomic mass is 35.5. The minimum atomic E-state index is -4.00. The van der Waals surface area contributed by atoms with E-state index in [-0.39, 0.29) is 58.9 Å². The summed E-state index contributed by atoms with van der Waals surface area (Å²) in [5, 5.41) is 21.6. The van der Waals surface area contributed by atoms with Gasteiger partial charge in [-0.2, -0.15) is 10.5 Å². The third-order valence-corrected chi connectivity index (χ3v) is 17.4. The van der Waals surface area contributed by atoms with Crippen molar-refractivity contribution >= 4 is 66.5 Å². The van der Waals surface area contributed by atoms with Crippen molar-refractivity contribution in [3.63, 3.8) is 0 Å². The minimum Gasteiger partial charge on any atom is -0.338 e. The number of nitrogens with zero attached hydrogens (tertiary/aromatic N) is 6. The molecule has 0 bridgehead atoms. The zero-order valence-corrected chi connectivity index (χ0v) is 37.0. The molecule has 4 amide bonds. The molecule has 0 spiro atoms. The molecule has 0 unspecified atom stereocenters. The van der Waals surface area contributed by atoms with E-state index in [1.165, 1.54) is 36.7 Å². The van der Waals surface area contributed by atoms with Gasteiger partial charge in [0, 0.05) is 38.3 Å². The zero-order valence-electron chi connectivity index (χ0n) is 33.9. The predicted molar refractivity (Wildman–Crippen MR) is 217 cm³/mol. The standard InChI is InChI=1S/2C20H21ClF2N4O4S/c2*21-12-1-2-16(25-9-12)32(30,31)13-7-14(17(28)26-19(10-24)3-4-19)15(8-13)18(29)27-6-5-20(22,23)11-27/h2*1-2,9,13-15H,3-8,11H2,(H,26,28)/t13-,14+,15+;13-,14-,15-/m01/s1. The molecular weight excluding hydrogens is 932 g/mol. The van der Waals surface area contributed by atoms with E-state index < -0.39 is 126 Å². The smallest absolute Gasteiger partial charge is 0.267 e. The summed E-state index contributed by atoms with van der Waals surface area (Å²) in [7, 11) is -8.00. The largest absolute Gasteiger partial charge is 0.338 e. The highest BCUT2D eigenvalue weighted by molar-refractivity contribution is 7.92. The van der Waals surface area contributed by atoms with Crippen molar-refractivity contribution in [2.75, 3.05) is 26.2 Å². The number of nitrogens with one attached hydrogen (secondary N) is 2. The van der Waals surface area contributed by atoms with Gasteiger partial charge in [-0.05, 0) is 75.6 Å². The molecule has 8 rings (SSSR count). The highest BCUT2D eigenvalue weighted by Gasteiger charge is 2.55. The van der Waals surface area contributed by atoms with E-state index in [4.69, 9.17) is 23.2 Å². The maximum atomic E-state index is 13.7. The lowest BCUT2D eigenvalue weighted by Crippen LogP contribution is -2.45. The molecule has 0 aromatic carbocycles. The van der Waals surface area contributed by atoms with Crippen molar-refractivity contribution in [2.24, 2.45) is 23.7 Å². The number of alkyl halides is 4. The SMILES string of the molecule is N#CC1(NC(=O)[C@@H]2C[C@@H](S(=O)(=O)c3ccc(Cl)cn3)C[C@H]2C(=O)N2CCC(F)(F)C2)CC1.N#CC1(NC(=O)[C@@H]2C[C@H](S(=O)(=O)c3ccc(Cl)cn3)C[C@H]2C(=O)N2CCC(F)(F)C2)CC1. The molecule has 6 atom stereocenters. The Kier molecular flexibility index (Phi) is 12.8. The Morgan fingerprint density at radius 2 is 0.953 bits per heavy atom. The van der Waals surface area contributed by atoms with E-state index in [1.54, 1.807) is 0 Å². The molecule has 0 radical (unpaired) electrons. The molecule has 4 heterocycles.